The monoisotopic (exact) mass is 243 g/mol. The lowest BCUT2D eigenvalue weighted by molar-refractivity contribution is 0.0528. The molecule has 0 aliphatic rings. The number of nitrogens with one attached hydrogen (secondary N) is 3. The molecule has 0 fully saturated rings. The van der Waals surface area contributed by atoms with E-state index in [1.54, 1.807) is 33.8 Å². The summed E-state index contributed by atoms with van der Waals surface area (Å²) in [5.74, 6) is 0. The lowest BCUT2D eigenvalue weighted by atomic mass is 10.2. The predicted octanol–water partition coefficient (Wildman–Crippen LogP) is 1.34. The summed E-state index contributed by atoms with van der Waals surface area (Å²) < 4.78 is 5.02. The zero-order chi connectivity index (χ0) is 13.3. The molecule has 0 aromatic heterocycles. The average molecular weight is 243 g/mol. The van der Waals surface area contributed by atoms with Gasteiger partial charge in [0.05, 0.1) is 0 Å². The smallest absolute Gasteiger partial charge is 0.407 e. The summed E-state index contributed by atoms with van der Waals surface area (Å²) in [6, 6.07) is -0.311. The van der Waals surface area contributed by atoms with E-state index in [2.05, 4.69) is 16.0 Å². The molecule has 0 heterocycles. The van der Waals surface area contributed by atoms with Crippen LogP contribution in [0, 0.1) is 0 Å². The molecular weight excluding hydrogens is 222 g/mol. The Labute approximate surface area is 102 Å². The molecule has 0 aromatic carbocycles. The molecule has 17 heavy (non-hydrogen) atoms. The van der Waals surface area contributed by atoms with Crippen LogP contribution in [0.2, 0.25) is 0 Å². The molecule has 0 atom stereocenters. The molecule has 3 amide bonds. The predicted molar refractivity (Wildman–Crippen MR) is 65.6 cm³/mol. The first-order chi connectivity index (χ1) is 7.85. The van der Waals surface area contributed by atoms with Crippen LogP contribution >= 0.6 is 0 Å². The zero-order valence-corrected chi connectivity index (χ0v) is 10.8. The first-order valence-electron chi connectivity index (χ1n) is 5.47. The summed E-state index contributed by atoms with van der Waals surface area (Å²) >= 11 is 0. The van der Waals surface area contributed by atoms with Gasteiger partial charge in [0.1, 0.15) is 5.60 Å². The molecule has 0 saturated carbocycles. The van der Waals surface area contributed by atoms with Crippen LogP contribution in [-0.4, -0.2) is 30.8 Å². The molecular formula is C11H21N3O3. The van der Waals surface area contributed by atoms with Crippen molar-refractivity contribution in [2.24, 2.45) is 0 Å². The van der Waals surface area contributed by atoms with Crippen molar-refractivity contribution >= 4 is 12.1 Å². The topological polar surface area (TPSA) is 79.5 Å². The number of amides is 3. The van der Waals surface area contributed by atoms with E-state index in [1.807, 2.05) is 0 Å². The molecule has 6 nitrogen and oxygen atoms in total. The fourth-order valence-corrected chi connectivity index (χ4v) is 0.865. The Bertz CT molecular complexity index is 282. The van der Waals surface area contributed by atoms with Gasteiger partial charge in [-0.25, -0.2) is 9.59 Å². The SMILES string of the molecule is C/C=C/NC(=O)NCCNC(=O)OC(C)(C)C. The number of ether oxygens (including phenoxy) is 1. The third-order valence-corrected chi connectivity index (χ3v) is 1.46. The molecule has 0 aromatic rings. The first kappa shape index (κ1) is 15.3. The Balaban J connectivity index is 3.58. The minimum atomic E-state index is -0.513. The first-order valence-corrected chi connectivity index (χ1v) is 5.47. The van der Waals surface area contributed by atoms with Gasteiger partial charge in [-0.3, -0.25) is 0 Å². The van der Waals surface area contributed by atoms with Gasteiger partial charge in [0, 0.05) is 19.3 Å². The highest BCUT2D eigenvalue weighted by molar-refractivity contribution is 5.74. The minimum Gasteiger partial charge on any atom is -0.444 e. The van der Waals surface area contributed by atoms with Crippen molar-refractivity contribution in [3.8, 4) is 0 Å². The molecule has 0 unspecified atom stereocenters. The molecule has 0 aliphatic heterocycles. The highest BCUT2D eigenvalue weighted by atomic mass is 16.6. The largest absolute Gasteiger partial charge is 0.444 e. The van der Waals surface area contributed by atoms with Gasteiger partial charge < -0.3 is 20.7 Å². The van der Waals surface area contributed by atoms with Gasteiger partial charge in [-0.1, -0.05) is 6.08 Å². The summed E-state index contributed by atoms with van der Waals surface area (Å²) in [5.41, 5.74) is -0.513. The van der Waals surface area contributed by atoms with Gasteiger partial charge in [0.25, 0.3) is 0 Å². The van der Waals surface area contributed by atoms with Crippen LogP contribution in [0.5, 0.6) is 0 Å². The van der Waals surface area contributed by atoms with E-state index in [4.69, 9.17) is 4.74 Å². The molecule has 0 radical (unpaired) electrons. The molecule has 3 N–H and O–H groups in total. The third-order valence-electron chi connectivity index (χ3n) is 1.46. The number of allylic oxidation sites excluding steroid dienone is 1. The maximum atomic E-state index is 11.2. The van der Waals surface area contributed by atoms with E-state index >= 15 is 0 Å². The molecule has 0 spiro atoms. The number of carbonyl (C=O) groups excluding carboxylic acids is 2. The average Bonchev–Trinajstić information content (AvgIpc) is 2.19. The Hall–Kier alpha value is -1.72. The van der Waals surface area contributed by atoms with E-state index in [9.17, 15) is 9.59 Å². The van der Waals surface area contributed by atoms with Crippen LogP contribution in [0.15, 0.2) is 12.3 Å². The van der Waals surface area contributed by atoms with Crippen LogP contribution in [-0.2, 0) is 4.74 Å². The van der Waals surface area contributed by atoms with Gasteiger partial charge in [-0.2, -0.15) is 0 Å². The Morgan fingerprint density at radius 1 is 1.18 bits per heavy atom. The lowest BCUT2D eigenvalue weighted by Crippen LogP contribution is -2.40. The number of rotatable bonds is 4. The minimum absolute atomic E-state index is 0.311. The van der Waals surface area contributed by atoms with Crippen LogP contribution < -0.4 is 16.0 Å². The van der Waals surface area contributed by atoms with E-state index < -0.39 is 11.7 Å². The van der Waals surface area contributed by atoms with Gasteiger partial charge in [-0.15, -0.1) is 0 Å². The summed E-state index contributed by atoms with van der Waals surface area (Å²) in [6.45, 7) is 7.81. The number of alkyl carbamates (subject to hydrolysis) is 1. The van der Waals surface area contributed by atoms with Crippen molar-refractivity contribution in [1.29, 1.82) is 0 Å². The highest BCUT2D eigenvalue weighted by Crippen LogP contribution is 2.05. The molecule has 0 rings (SSSR count). The third kappa shape index (κ3) is 10.6. The van der Waals surface area contributed by atoms with Crippen LogP contribution in [0.1, 0.15) is 27.7 Å². The maximum Gasteiger partial charge on any atom is 0.407 e. The van der Waals surface area contributed by atoms with E-state index in [-0.39, 0.29) is 6.03 Å². The van der Waals surface area contributed by atoms with Crippen molar-refractivity contribution in [3.05, 3.63) is 12.3 Å². The van der Waals surface area contributed by atoms with Crippen LogP contribution in [0.4, 0.5) is 9.59 Å². The van der Waals surface area contributed by atoms with Crippen molar-refractivity contribution in [1.82, 2.24) is 16.0 Å². The van der Waals surface area contributed by atoms with E-state index in [0.29, 0.717) is 13.1 Å². The van der Waals surface area contributed by atoms with Gasteiger partial charge in [0.15, 0.2) is 0 Å². The van der Waals surface area contributed by atoms with E-state index in [1.165, 1.54) is 6.20 Å². The van der Waals surface area contributed by atoms with Gasteiger partial charge in [-0.05, 0) is 27.7 Å². The molecule has 6 heteroatoms. The van der Waals surface area contributed by atoms with Crippen molar-refractivity contribution in [2.75, 3.05) is 13.1 Å². The molecule has 98 valence electrons. The zero-order valence-electron chi connectivity index (χ0n) is 10.8. The fraction of sp³-hybridized carbons (Fsp3) is 0.636. The van der Waals surface area contributed by atoms with Gasteiger partial charge >= 0.3 is 12.1 Å². The summed E-state index contributed by atoms with van der Waals surface area (Å²) in [6.07, 6.45) is 2.74. The quantitative estimate of drug-likeness (QED) is 0.652. The standard InChI is InChI=1S/C11H21N3O3/c1-5-6-12-9(15)13-7-8-14-10(16)17-11(2,3)4/h5-6H,7-8H2,1-4H3,(H,14,16)(H2,12,13,15)/b6-5+. The Morgan fingerprint density at radius 3 is 2.29 bits per heavy atom. The number of hydrogen-bond acceptors (Lipinski definition) is 3. The van der Waals surface area contributed by atoms with Crippen molar-refractivity contribution < 1.29 is 14.3 Å². The van der Waals surface area contributed by atoms with Crippen LogP contribution in [0.3, 0.4) is 0 Å². The van der Waals surface area contributed by atoms with Crippen molar-refractivity contribution in [2.45, 2.75) is 33.3 Å². The Morgan fingerprint density at radius 2 is 1.76 bits per heavy atom. The van der Waals surface area contributed by atoms with E-state index in [0.717, 1.165) is 0 Å². The fourth-order valence-electron chi connectivity index (χ4n) is 0.865. The second kappa shape index (κ2) is 7.54. The summed E-state index contributed by atoms with van der Waals surface area (Å²) in [7, 11) is 0. The number of carbonyl (C=O) groups is 2. The number of urea groups is 1. The maximum absolute atomic E-state index is 11.2. The van der Waals surface area contributed by atoms with Gasteiger partial charge in [0.2, 0.25) is 0 Å². The normalized spacial score (nSPS) is 11.1. The summed E-state index contributed by atoms with van der Waals surface area (Å²) in [4.78, 5) is 22.3. The van der Waals surface area contributed by atoms with Crippen LogP contribution in [0.25, 0.3) is 0 Å². The Kier molecular flexibility index (Phi) is 6.77. The molecule has 0 saturated heterocycles. The molecule has 0 aliphatic carbocycles. The second-order valence-electron chi connectivity index (χ2n) is 4.33. The highest BCUT2D eigenvalue weighted by Gasteiger charge is 2.15. The summed E-state index contributed by atoms with van der Waals surface area (Å²) in [5, 5.41) is 7.58. The van der Waals surface area contributed by atoms with Crippen molar-refractivity contribution in [3.63, 3.8) is 0 Å². The lowest BCUT2D eigenvalue weighted by Gasteiger charge is -2.19. The second-order valence-corrected chi connectivity index (χ2v) is 4.33. The number of hydrogen-bond donors (Lipinski definition) is 3. The molecule has 0 bridgehead atoms.